The van der Waals surface area contributed by atoms with Crippen molar-refractivity contribution in [3.8, 4) is 0 Å². The fourth-order valence-corrected chi connectivity index (χ4v) is 4.83. The zero-order valence-electron chi connectivity index (χ0n) is 17.0. The molecule has 0 bridgehead atoms. The van der Waals surface area contributed by atoms with Gasteiger partial charge in [-0.15, -0.1) is 10.2 Å². The van der Waals surface area contributed by atoms with Gasteiger partial charge in [0, 0.05) is 52.0 Å². The van der Waals surface area contributed by atoms with Crippen molar-refractivity contribution in [2.75, 3.05) is 49.1 Å². The van der Waals surface area contributed by atoms with Crippen molar-refractivity contribution < 1.29 is 8.42 Å². The molecule has 9 nitrogen and oxygen atoms in total. The van der Waals surface area contributed by atoms with E-state index in [9.17, 15) is 8.42 Å². The van der Waals surface area contributed by atoms with Gasteiger partial charge in [0.15, 0.2) is 16.7 Å². The lowest BCUT2D eigenvalue weighted by atomic mass is 10.3. The SMILES string of the molecule is CCN(CC)c1ccc(N2CCN(S(=O)(=O)c3cn(CC)c(C)n3)CC2)nn1. The number of aromatic nitrogens is 4. The fourth-order valence-electron chi connectivity index (χ4n) is 3.42. The number of rotatable bonds is 7. The van der Waals surface area contributed by atoms with Crippen LogP contribution < -0.4 is 9.80 Å². The predicted octanol–water partition coefficient (Wildman–Crippen LogP) is 1.36. The second-order valence-electron chi connectivity index (χ2n) is 6.73. The first-order valence-corrected chi connectivity index (χ1v) is 11.2. The highest BCUT2D eigenvalue weighted by Gasteiger charge is 2.31. The van der Waals surface area contributed by atoms with Crippen LogP contribution in [0.4, 0.5) is 11.6 Å². The van der Waals surface area contributed by atoms with Crippen LogP contribution in [-0.4, -0.2) is 71.7 Å². The first-order chi connectivity index (χ1) is 13.4. The molecule has 1 aliphatic rings. The summed E-state index contributed by atoms with van der Waals surface area (Å²) < 4.78 is 29.1. The summed E-state index contributed by atoms with van der Waals surface area (Å²) in [6.45, 7) is 12.4. The first kappa shape index (κ1) is 20.5. The second kappa shape index (κ2) is 8.44. The Morgan fingerprint density at radius 3 is 2.21 bits per heavy atom. The van der Waals surface area contributed by atoms with Crippen LogP contribution in [0.2, 0.25) is 0 Å². The molecule has 3 heterocycles. The molecule has 10 heteroatoms. The number of hydrogen-bond donors (Lipinski definition) is 0. The molecule has 28 heavy (non-hydrogen) atoms. The first-order valence-electron chi connectivity index (χ1n) is 9.78. The Bertz CT molecular complexity index is 883. The average Bonchev–Trinajstić information content (AvgIpc) is 3.11. The van der Waals surface area contributed by atoms with Crippen molar-refractivity contribution in [2.24, 2.45) is 0 Å². The van der Waals surface area contributed by atoms with Gasteiger partial charge in [0.25, 0.3) is 10.0 Å². The maximum Gasteiger partial charge on any atom is 0.262 e. The second-order valence-corrected chi connectivity index (χ2v) is 8.61. The summed E-state index contributed by atoms with van der Waals surface area (Å²) in [5.74, 6) is 2.35. The van der Waals surface area contributed by atoms with Crippen LogP contribution in [-0.2, 0) is 16.6 Å². The van der Waals surface area contributed by atoms with Gasteiger partial charge >= 0.3 is 0 Å². The van der Waals surface area contributed by atoms with Crippen molar-refractivity contribution in [2.45, 2.75) is 39.3 Å². The van der Waals surface area contributed by atoms with Gasteiger partial charge in [-0.25, -0.2) is 13.4 Å². The summed E-state index contributed by atoms with van der Waals surface area (Å²) in [4.78, 5) is 8.45. The molecule has 0 saturated carbocycles. The molecule has 1 saturated heterocycles. The van der Waals surface area contributed by atoms with E-state index in [1.54, 1.807) is 6.20 Å². The average molecular weight is 408 g/mol. The summed E-state index contributed by atoms with van der Waals surface area (Å²) in [6.07, 6.45) is 1.62. The van der Waals surface area contributed by atoms with Crippen LogP contribution in [0.25, 0.3) is 0 Å². The molecule has 0 atom stereocenters. The van der Waals surface area contributed by atoms with Gasteiger partial charge in [-0.1, -0.05) is 0 Å². The number of piperazine rings is 1. The Balaban J connectivity index is 1.66. The number of nitrogens with zero attached hydrogens (tertiary/aromatic N) is 7. The summed E-state index contributed by atoms with van der Waals surface area (Å²) in [5.41, 5.74) is 0. The molecule has 2 aromatic rings. The normalized spacial score (nSPS) is 15.8. The third kappa shape index (κ3) is 3.97. The molecule has 3 rings (SSSR count). The van der Waals surface area contributed by atoms with Gasteiger partial charge in [-0.3, -0.25) is 0 Å². The van der Waals surface area contributed by atoms with Crippen LogP contribution in [0.15, 0.2) is 23.4 Å². The van der Waals surface area contributed by atoms with Gasteiger partial charge in [0.1, 0.15) is 5.82 Å². The van der Waals surface area contributed by atoms with E-state index in [4.69, 9.17) is 0 Å². The van der Waals surface area contributed by atoms with E-state index in [2.05, 4.69) is 38.8 Å². The highest BCUT2D eigenvalue weighted by molar-refractivity contribution is 7.89. The highest BCUT2D eigenvalue weighted by atomic mass is 32.2. The Morgan fingerprint density at radius 2 is 1.71 bits per heavy atom. The minimum absolute atomic E-state index is 0.128. The van der Waals surface area contributed by atoms with E-state index in [1.165, 1.54) is 4.31 Å². The Labute approximate surface area is 167 Å². The Hall–Kier alpha value is -2.20. The molecule has 0 N–H and O–H groups in total. The van der Waals surface area contributed by atoms with Crippen LogP contribution in [0.3, 0.4) is 0 Å². The Kier molecular flexibility index (Phi) is 6.19. The summed E-state index contributed by atoms with van der Waals surface area (Å²) in [7, 11) is -3.57. The van der Waals surface area contributed by atoms with Crippen LogP contribution in [0, 0.1) is 6.92 Å². The van der Waals surface area contributed by atoms with Gasteiger partial charge in [0.2, 0.25) is 0 Å². The van der Waals surface area contributed by atoms with Gasteiger partial charge in [0.05, 0.1) is 0 Å². The lowest BCUT2D eigenvalue weighted by Gasteiger charge is -2.34. The minimum atomic E-state index is -3.57. The molecule has 0 aliphatic carbocycles. The quantitative estimate of drug-likeness (QED) is 0.685. The molecule has 0 aromatic carbocycles. The van der Waals surface area contributed by atoms with Crippen molar-refractivity contribution in [3.63, 3.8) is 0 Å². The predicted molar refractivity (Wildman–Crippen MR) is 109 cm³/mol. The molecule has 0 spiro atoms. The zero-order valence-corrected chi connectivity index (χ0v) is 17.9. The maximum absolute atomic E-state index is 12.9. The maximum atomic E-state index is 12.9. The van der Waals surface area contributed by atoms with Crippen LogP contribution in [0.5, 0.6) is 0 Å². The Morgan fingerprint density at radius 1 is 1.04 bits per heavy atom. The van der Waals surface area contributed by atoms with E-state index >= 15 is 0 Å². The van der Waals surface area contributed by atoms with E-state index < -0.39 is 10.0 Å². The lowest BCUT2D eigenvalue weighted by Crippen LogP contribution is -2.49. The number of hydrogen-bond acceptors (Lipinski definition) is 7. The minimum Gasteiger partial charge on any atom is -0.356 e. The van der Waals surface area contributed by atoms with E-state index in [-0.39, 0.29) is 5.03 Å². The van der Waals surface area contributed by atoms with Gasteiger partial charge in [-0.05, 0) is 39.8 Å². The topological polar surface area (TPSA) is 87.5 Å². The van der Waals surface area contributed by atoms with Gasteiger partial charge in [-0.2, -0.15) is 4.31 Å². The van der Waals surface area contributed by atoms with E-state index in [1.807, 2.05) is 30.5 Å². The number of anilines is 2. The van der Waals surface area contributed by atoms with Crippen LogP contribution in [0.1, 0.15) is 26.6 Å². The molecule has 154 valence electrons. The highest BCUT2D eigenvalue weighted by Crippen LogP contribution is 2.20. The lowest BCUT2D eigenvalue weighted by molar-refractivity contribution is 0.382. The molecular weight excluding hydrogens is 378 g/mol. The number of sulfonamides is 1. The van der Waals surface area contributed by atoms with Crippen molar-refractivity contribution in [1.29, 1.82) is 0 Å². The van der Waals surface area contributed by atoms with Gasteiger partial charge < -0.3 is 14.4 Å². The molecular formula is C18H29N7O2S. The summed E-state index contributed by atoms with van der Waals surface area (Å²) >= 11 is 0. The third-order valence-corrected chi connectivity index (χ3v) is 6.96. The van der Waals surface area contributed by atoms with Crippen molar-refractivity contribution in [3.05, 3.63) is 24.2 Å². The molecule has 0 unspecified atom stereocenters. The third-order valence-electron chi connectivity index (χ3n) is 5.19. The standard InChI is InChI=1S/C18H29N7O2S/c1-5-22(6-2)16-8-9-17(21-20-16)24-10-12-25(13-11-24)28(26,27)18-14-23(7-3)15(4)19-18/h8-9,14H,5-7,10-13H2,1-4H3. The molecule has 2 aromatic heterocycles. The molecule has 1 aliphatic heterocycles. The largest absolute Gasteiger partial charge is 0.356 e. The smallest absolute Gasteiger partial charge is 0.262 e. The van der Waals surface area contributed by atoms with Crippen molar-refractivity contribution >= 4 is 21.7 Å². The number of imidazole rings is 1. The monoisotopic (exact) mass is 407 g/mol. The number of aryl methyl sites for hydroxylation is 2. The molecule has 0 radical (unpaired) electrons. The fraction of sp³-hybridized carbons (Fsp3) is 0.611. The van der Waals surface area contributed by atoms with E-state index in [0.29, 0.717) is 38.5 Å². The van der Waals surface area contributed by atoms with E-state index in [0.717, 1.165) is 24.7 Å². The zero-order chi connectivity index (χ0) is 20.3. The summed E-state index contributed by atoms with van der Waals surface area (Å²) in [5, 5.41) is 8.79. The molecule has 1 fully saturated rings. The van der Waals surface area contributed by atoms with Crippen LogP contribution >= 0.6 is 0 Å². The summed E-state index contributed by atoms with van der Waals surface area (Å²) in [6, 6.07) is 3.93. The van der Waals surface area contributed by atoms with Crippen molar-refractivity contribution in [1.82, 2.24) is 24.1 Å². The molecule has 0 amide bonds.